The van der Waals surface area contributed by atoms with Crippen LogP contribution < -0.4 is 11.1 Å². The molecule has 0 aromatic carbocycles. The number of hydrogen-bond acceptors (Lipinski definition) is 6. The maximum absolute atomic E-state index is 11.8. The molecule has 1 aliphatic rings. The van der Waals surface area contributed by atoms with Crippen LogP contribution in [0, 0.1) is 22.7 Å². The molecule has 3 N–H and O–H groups in total. The molecule has 0 amide bonds. The minimum Gasteiger partial charge on any atom is -0.465 e. The summed E-state index contributed by atoms with van der Waals surface area (Å²) in [5.74, 6) is 0.0847. The highest BCUT2D eigenvalue weighted by molar-refractivity contribution is 7.17. The van der Waals surface area contributed by atoms with Gasteiger partial charge in [0.2, 0.25) is 0 Å². The minimum atomic E-state index is -0.503. The predicted octanol–water partition coefficient (Wildman–Crippen LogP) is 2.84. The normalized spacial score (nSPS) is 15.8. The third-order valence-electron chi connectivity index (χ3n) is 4.15. The Balaban J connectivity index is 2.23. The summed E-state index contributed by atoms with van der Waals surface area (Å²) in [4.78, 5) is 12.2. The fourth-order valence-electron chi connectivity index (χ4n) is 2.33. The van der Waals surface area contributed by atoms with Crippen molar-refractivity contribution in [1.29, 1.82) is 5.26 Å². The maximum Gasteiger partial charge on any atom is 0.343 e. The van der Waals surface area contributed by atoms with Crippen LogP contribution in [0.4, 0.5) is 10.7 Å². The molecule has 1 aromatic heterocycles. The first-order chi connectivity index (χ1) is 9.45. The molecular weight excluding hydrogens is 274 g/mol. The van der Waals surface area contributed by atoms with Gasteiger partial charge in [-0.3, -0.25) is 0 Å². The fourth-order valence-corrected chi connectivity index (χ4v) is 3.23. The zero-order valence-electron chi connectivity index (χ0n) is 11.9. The topological polar surface area (TPSA) is 88.1 Å². The second kappa shape index (κ2) is 5.33. The van der Waals surface area contributed by atoms with E-state index in [0.717, 1.165) is 6.54 Å². The molecule has 1 heterocycles. The molecule has 6 heteroatoms. The number of rotatable bonds is 5. The van der Waals surface area contributed by atoms with Gasteiger partial charge in [-0.05, 0) is 24.2 Å². The average molecular weight is 293 g/mol. The number of methoxy groups -OCH3 is 1. The second-order valence-electron chi connectivity index (χ2n) is 5.52. The van der Waals surface area contributed by atoms with Crippen molar-refractivity contribution in [2.45, 2.75) is 26.7 Å². The van der Waals surface area contributed by atoms with Gasteiger partial charge < -0.3 is 15.8 Å². The number of carbonyl (C=O) groups excluding carboxylic acids is 1. The zero-order chi connectivity index (χ0) is 14.9. The Labute approximate surface area is 122 Å². The van der Waals surface area contributed by atoms with E-state index in [1.54, 1.807) is 0 Å². The smallest absolute Gasteiger partial charge is 0.343 e. The Hall–Kier alpha value is -1.74. The van der Waals surface area contributed by atoms with Crippen LogP contribution in [0.5, 0.6) is 0 Å². The first-order valence-corrected chi connectivity index (χ1v) is 7.41. The van der Waals surface area contributed by atoms with Gasteiger partial charge >= 0.3 is 5.97 Å². The van der Waals surface area contributed by atoms with Crippen LogP contribution in [0.2, 0.25) is 0 Å². The number of nitrogen functional groups attached to an aromatic ring is 1. The molecule has 0 saturated heterocycles. The number of esters is 1. The van der Waals surface area contributed by atoms with Crippen LogP contribution in [0.15, 0.2) is 0 Å². The highest BCUT2D eigenvalue weighted by Crippen LogP contribution is 2.52. The first-order valence-electron chi connectivity index (χ1n) is 6.59. The van der Waals surface area contributed by atoms with E-state index in [1.807, 2.05) is 6.07 Å². The summed E-state index contributed by atoms with van der Waals surface area (Å²) in [5, 5.41) is 13.0. The molecule has 20 heavy (non-hydrogen) atoms. The lowest BCUT2D eigenvalue weighted by Crippen LogP contribution is -2.21. The number of nitriles is 1. The van der Waals surface area contributed by atoms with Gasteiger partial charge in [-0.1, -0.05) is 13.8 Å². The first kappa shape index (κ1) is 14.7. The molecule has 2 rings (SSSR count). The van der Waals surface area contributed by atoms with Crippen molar-refractivity contribution < 1.29 is 9.53 Å². The summed E-state index contributed by atoms with van der Waals surface area (Å²) in [6.07, 6.45) is 2.38. The predicted molar refractivity (Wildman–Crippen MR) is 79.8 cm³/mol. The van der Waals surface area contributed by atoms with Crippen molar-refractivity contribution in [2.24, 2.45) is 11.3 Å². The molecule has 1 fully saturated rings. The quantitative estimate of drug-likeness (QED) is 0.815. The summed E-state index contributed by atoms with van der Waals surface area (Å²) in [6.45, 7) is 5.21. The summed E-state index contributed by atoms with van der Waals surface area (Å²) in [5.41, 5.74) is 6.65. The molecule has 0 aliphatic heterocycles. The molecular formula is C14H19N3O2S. The largest absolute Gasteiger partial charge is 0.465 e. The number of anilines is 2. The number of carbonyl (C=O) groups is 1. The molecule has 1 aliphatic carbocycles. The zero-order valence-corrected chi connectivity index (χ0v) is 12.8. The number of nitrogens with two attached hydrogens (primary N) is 1. The Morgan fingerprint density at radius 1 is 1.60 bits per heavy atom. The third kappa shape index (κ3) is 2.46. The van der Waals surface area contributed by atoms with Crippen LogP contribution in [0.3, 0.4) is 0 Å². The van der Waals surface area contributed by atoms with Crippen molar-refractivity contribution in [2.75, 3.05) is 24.7 Å². The molecule has 5 nitrogen and oxygen atoms in total. The van der Waals surface area contributed by atoms with Crippen LogP contribution in [0.25, 0.3) is 0 Å². The number of nitrogens with one attached hydrogen (secondary N) is 1. The number of hydrogen-bond donors (Lipinski definition) is 2. The van der Waals surface area contributed by atoms with Gasteiger partial charge in [0.15, 0.2) is 0 Å². The van der Waals surface area contributed by atoms with E-state index < -0.39 is 5.97 Å². The van der Waals surface area contributed by atoms with Crippen molar-refractivity contribution >= 4 is 28.0 Å². The maximum atomic E-state index is 11.8. The van der Waals surface area contributed by atoms with E-state index in [0.29, 0.717) is 21.2 Å². The lowest BCUT2D eigenvalue weighted by molar-refractivity contribution is 0.0603. The monoisotopic (exact) mass is 293 g/mol. The molecule has 1 aromatic rings. The average Bonchev–Trinajstić information content (AvgIpc) is 3.15. The van der Waals surface area contributed by atoms with Crippen molar-refractivity contribution in [3.8, 4) is 6.07 Å². The van der Waals surface area contributed by atoms with Crippen molar-refractivity contribution in [3.63, 3.8) is 0 Å². The standard InChI is InChI=1S/C14H19N3O2S/c1-8(2)14(4-5-14)7-17-12-10(13(18)19-3)11(16)9(6-15)20-12/h8,17H,4-5,7,16H2,1-3H3. The number of nitrogens with zero attached hydrogens (tertiary/aromatic N) is 1. The van der Waals surface area contributed by atoms with Crippen LogP contribution >= 0.6 is 11.3 Å². The molecule has 108 valence electrons. The van der Waals surface area contributed by atoms with E-state index in [1.165, 1.54) is 31.3 Å². The van der Waals surface area contributed by atoms with Gasteiger partial charge in [-0.2, -0.15) is 5.26 Å². The molecule has 0 spiro atoms. The molecule has 0 radical (unpaired) electrons. The van der Waals surface area contributed by atoms with E-state index in [4.69, 9.17) is 15.7 Å². The van der Waals surface area contributed by atoms with Crippen LogP contribution in [-0.4, -0.2) is 19.6 Å². The summed E-state index contributed by atoms with van der Waals surface area (Å²) < 4.78 is 4.75. The fraction of sp³-hybridized carbons (Fsp3) is 0.571. The Morgan fingerprint density at radius 2 is 2.25 bits per heavy atom. The van der Waals surface area contributed by atoms with Gasteiger partial charge in [-0.25, -0.2) is 4.79 Å². The van der Waals surface area contributed by atoms with Gasteiger partial charge in [0.1, 0.15) is 21.5 Å². The highest BCUT2D eigenvalue weighted by atomic mass is 32.1. The minimum absolute atomic E-state index is 0.209. The second-order valence-corrected chi connectivity index (χ2v) is 6.54. The summed E-state index contributed by atoms with van der Waals surface area (Å²) >= 11 is 1.21. The van der Waals surface area contributed by atoms with Crippen molar-refractivity contribution in [1.82, 2.24) is 0 Å². The molecule has 1 saturated carbocycles. The van der Waals surface area contributed by atoms with Gasteiger partial charge in [0.05, 0.1) is 12.8 Å². The molecule has 0 unspecified atom stereocenters. The van der Waals surface area contributed by atoms with Gasteiger partial charge in [-0.15, -0.1) is 11.3 Å². The number of ether oxygens (including phenoxy) is 1. The Bertz CT molecular complexity index is 568. The van der Waals surface area contributed by atoms with E-state index >= 15 is 0 Å². The third-order valence-corrected chi connectivity index (χ3v) is 5.22. The lowest BCUT2D eigenvalue weighted by atomic mass is 9.92. The Kier molecular flexibility index (Phi) is 3.91. The molecule has 0 atom stereocenters. The SMILES string of the molecule is COC(=O)c1c(NCC2(C(C)C)CC2)sc(C#N)c1N. The number of thiophene rings is 1. The van der Waals surface area contributed by atoms with Crippen LogP contribution in [0.1, 0.15) is 41.9 Å². The van der Waals surface area contributed by atoms with Gasteiger partial charge in [0, 0.05) is 6.54 Å². The summed E-state index contributed by atoms with van der Waals surface area (Å²) in [7, 11) is 1.31. The molecule has 0 bridgehead atoms. The van der Waals surface area contributed by atoms with E-state index in [-0.39, 0.29) is 11.3 Å². The lowest BCUT2D eigenvalue weighted by Gasteiger charge is -2.20. The van der Waals surface area contributed by atoms with Crippen LogP contribution in [-0.2, 0) is 4.74 Å². The van der Waals surface area contributed by atoms with E-state index in [2.05, 4.69) is 19.2 Å². The highest BCUT2D eigenvalue weighted by Gasteiger charge is 2.45. The summed E-state index contributed by atoms with van der Waals surface area (Å²) in [6, 6.07) is 2.02. The van der Waals surface area contributed by atoms with Gasteiger partial charge in [0.25, 0.3) is 0 Å². The van der Waals surface area contributed by atoms with E-state index in [9.17, 15) is 4.79 Å². The Morgan fingerprint density at radius 3 is 2.70 bits per heavy atom. The van der Waals surface area contributed by atoms with Crippen molar-refractivity contribution in [3.05, 3.63) is 10.4 Å².